The fourth-order valence-electron chi connectivity index (χ4n) is 5.04. The highest BCUT2D eigenvalue weighted by molar-refractivity contribution is 5.85. The molecule has 1 saturated carbocycles. The van der Waals surface area contributed by atoms with Crippen molar-refractivity contribution < 1.29 is 24.2 Å². The Hall–Kier alpha value is -3.35. The third-order valence-electron chi connectivity index (χ3n) is 6.83. The number of nitrogens with one attached hydrogen (secondary N) is 2. The number of fused-ring (bicyclic) bond motifs is 3. The number of carboxylic acid groups (broad SMARTS) is 1. The van der Waals surface area contributed by atoms with Crippen LogP contribution in [0.5, 0.6) is 0 Å². The van der Waals surface area contributed by atoms with Crippen LogP contribution in [0.25, 0.3) is 11.1 Å². The number of carbonyl (C=O) groups is 3. The molecule has 0 heterocycles. The Morgan fingerprint density at radius 2 is 1.61 bits per heavy atom. The molecule has 0 radical (unpaired) electrons. The monoisotopic (exact) mass is 450 g/mol. The van der Waals surface area contributed by atoms with E-state index in [2.05, 4.69) is 34.9 Å². The van der Waals surface area contributed by atoms with E-state index in [0.717, 1.165) is 30.4 Å². The first-order valence-corrected chi connectivity index (χ1v) is 11.6. The van der Waals surface area contributed by atoms with Crippen LogP contribution in [-0.2, 0) is 14.3 Å². The van der Waals surface area contributed by atoms with Crippen molar-refractivity contribution in [3.05, 3.63) is 59.7 Å². The number of hydrogen-bond acceptors (Lipinski definition) is 4. The van der Waals surface area contributed by atoms with Crippen LogP contribution in [0.2, 0.25) is 0 Å². The van der Waals surface area contributed by atoms with Crippen LogP contribution in [-0.4, -0.2) is 42.3 Å². The summed E-state index contributed by atoms with van der Waals surface area (Å²) >= 11 is 0. The van der Waals surface area contributed by atoms with Gasteiger partial charge in [0.2, 0.25) is 5.91 Å². The lowest BCUT2D eigenvalue weighted by molar-refractivity contribution is -0.142. The van der Waals surface area contributed by atoms with E-state index in [1.807, 2.05) is 24.3 Å². The Morgan fingerprint density at radius 1 is 1.00 bits per heavy atom. The summed E-state index contributed by atoms with van der Waals surface area (Å²) in [6, 6.07) is 15.4. The summed E-state index contributed by atoms with van der Waals surface area (Å²) in [5.41, 5.74) is 4.66. The lowest BCUT2D eigenvalue weighted by Crippen LogP contribution is -2.46. The molecular weight excluding hydrogens is 420 g/mol. The zero-order chi connectivity index (χ0) is 23.4. The molecule has 33 heavy (non-hydrogen) atoms. The van der Waals surface area contributed by atoms with Crippen molar-refractivity contribution in [3.63, 3.8) is 0 Å². The largest absolute Gasteiger partial charge is 0.480 e. The second-order valence-corrected chi connectivity index (χ2v) is 8.93. The first-order valence-electron chi connectivity index (χ1n) is 11.6. The topological polar surface area (TPSA) is 105 Å². The van der Waals surface area contributed by atoms with Crippen LogP contribution >= 0.6 is 0 Å². The maximum atomic E-state index is 12.6. The van der Waals surface area contributed by atoms with Gasteiger partial charge in [-0.25, -0.2) is 4.79 Å². The van der Waals surface area contributed by atoms with E-state index in [0.29, 0.717) is 13.0 Å². The van der Waals surface area contributed by atoms with Gasteiger partial charge in [0, 0.05) is 18.4 Å². The predicted octanol–water partition coefficient (Wildman–Crippen LogP) is 3.92. The summed E-state index contributed by atoms with van der Waals surface area (Å²) in [4.78, 5) is 36.1. The second kappa shape index (κ2) is 10.1. The molecule has 0 aromatic heterocycles. The Morgan fingerprint density at radius 3 is 2.24 bits per heavy atom. The number of amides is 2. The summed E-state index contributed by atoms with van der Waals surface area (Å²) in [5, 5.41) is 14.4. The van der Waals surface area contributed by atoms with Gasteiger partial charge in [-0.05, 0) is 47.9 Å². The first kappa shape index (κ1) is 22.8. The van der Waals surface area contributed by atoms with Crippen LogP contribution in [0.3, 0.4) is 0 Å². The van der Waals surface area contributed by atoms with E-state index < -0.39 is 18.1 Å². The summed E-state index contributed by atoms with van der Waals surface area (Å²) in [5.74, 6) is -1.68. The molecule has 2 aromatic rings. The summed E-state index contributed by atoms with van der Waals surface area (Å²) in [6.45, 7) is 2.02. The Balaban J connectivity index is 1.33. The first-order chi connectivity index (χ1) is 16.0. The van der Waals surface area contributed by atoms with Gasteiger partial charge < -0.3 is 20.5 Å². The van der Waals surface area contributed by atoms with Crippen LogP contribution in [0.15, 0.2) is 48.5 Å². The Kier molecular flexibility index (Phi) is 6.96. The minimum absolute atomic E-state index is 0.00568. The minimum atomic E-state index is -1.06. The molecule has 0 aliphatic heterocycles. The maximum Gasteiger partial charge on any atom is 0.407 e. The van der Waals surface area contributed by atoms with Crippen molar-refractivity contribution in [3.8, 4) is 11.1 Å². The van der Waals surface area contributed by atoms with E-state index in [4.69, 9.17) is 9.84 Å². The number of carbonyl (C=O) groups excluding carboxylic acids is 2. The molecular formula is C26H30N2O5. The van der Waals surface area contributed by atoms with Gasteiger partial charge in [0.25, 0.3) is 0 Å². The van der Waals surface area contributed by atoms with Crippen LogP contribution < -0.4 is 10.6 Å². The average Bonchev–Trinajstić information content (AvgIpc) is 3.15. The quantitative estimate of drug-likeness (QED) is 0.593. The van der Waals surface area contributed by atoms with Gasteiger partial charge in [-0.1, -0.05) is 61.4 Å². The molecule has 0 bridgehead atoms. The second-order valence-electron chi connectivity index (χ2n) is 8.93. The molecule has 2 aliphatic carbocycles. The van der Waals surface area contributed by atoms with Crippen molar-refractivity contribution >= 4 is 18.0 Å². The van der Waals surface area contributed by atoms with Gasteiger partial charge in [0.05, 0.1) is 0 Å². The standard InChI is InChI=1S/C26H30N2O5/c1-16(25(30)31)28-24(29)18-9-3-2-8-17(18)14-27-26(32)33-15-23-21-12-6-4-10-19(21)20-11-5-7-13-22(20)23/h4-7,10-13,16-18,23H,2-3,8-9,14-15H2,1H3,(H,27,32)(H,28,29)(H,30,31)/t16-,17-,18-/m0/s1. The SMILES string of the molecule is C[C@H](NC(=O)[C@H]1CCCC[C@H]1CNC(=O)OCC1c2ccccc2-c2ccccc21)C(=O)O. The maximum absolute atomic E-state index is 12.6. The number of alkyl carbamates (subject to hydrolysis) is 1. The summed E-state index contributed by atoms with van der Waals surface area (Å²) < 4.78 is 5.59. The highest BCUT2D eigenvalue weighted by Crippen LogP contribution is 2.44. The number of ether oxygens (including phenoxy) is 1. The summed E-state index contributed by atoms with van der Waals surface area (Å²) in [7, 11) is 0. The number of carboxylic acids is 1. The molecule has 2 amide bonds. The van der Waals surface area contributed by atoms with Crippen LogP contribution in [0.4, 0.5) is 4.79 Å². The molecule has 7 nitrogen and oxygen atoms in total. The fraction of sp³-hybridized carbons (Fsp3) is 0.423. The lowest BCUT2D eigenvalue weighted by Gasteiger charge is -2.31. The van der Waals surface area contributed by atoms with E-state index >= 15 is 0 Å². The van der Waals surface area contributed by atoms with Crippen molar-refractivity contribution in [1.82, 2.24) is 10.6 Å². The highest BCUT2D eigenvalue weighted by atomic mass is 16.5. The smallest absolute Gasteiger partial charge is 0.407 e. The summed E-state index contributed by atoms with van der Waals surface area (Å²) in [6.07, 6.45) is 2.90. The van der Waals surface area contributed by atoms with Gasteiger partial charge >= 0.3 is 12.1 Å². The predicted molar refractivity (Wildman–Crippen MR) is 124 cm³/mol. The van der Waals surface area contributed by atoms with E-state index in [1.165, 1.54) is 18.1 Å². The molecule has 0 saturated heterocycles. The molecule has 0 unspecified atom stereocenters. The Labute approximate surface area is 193 Å². The molecule has 2 aromatic carbocycles. The minimum Gasteiger partial charge on any atom is -0.480 e. The van der Waals surface area contributed by atoms with Gasteiger partial charge in [0.1, 0.15) is 12.6 Å². The van der Waals surface area contributed by atoms with Crippen LogP contribution in [0, 0.1) is 11.8 Å². The van der Waals surface area contributed by atoms with E-state index in [-0.39, 0.29) is 30.3 Å². The van der Waals surface area contributed by atoms with Gasteiger partial charge in [0.15, 0.2) is 0 Å². The Bertz CT molecular complexity index is 991. The molecule has 2 aliphatic rings. The highest BCUT2D eigenvalue weighted by Gasteiger charge is 2.33. The van der Waals surface area contributed by atoms with Crippen molar-refractivity contribution in [1.29, 1.82) is 0 Å². The number of rotatable bonds is 7. The number of aliphatic carboxylic acids is 1. The zero-order valence-electron chi connectivity index (χ0n) is 18.8. The van der Waals surface area contributed by atoms with Crippen molar-refractivity contribution in [2.45, 2.75) is 44.6 Å². The molecule has 3 N–H and O–H groups in total. The molecule has 1 fully saturated rings. The number of hydrogen-bond donors (Lipinski definition) is 3. The molecule has 7 heteroatoms. The van der Waals surface area contributed by atoms with Crippen LogP contribution in [0.1, 0.15) is 49.7 Å². The van der Waals surface area contributed by atoms with Gasteiger partial charge in [-0.2, -0.15) is 0 Å². The average molecular weight is 451 g/mol. The lowest BCUT2D eigenvalue weighted by atomic mass is 9.78. The molecule has 0 spiro atoms. The molecule has 3 atom stereocenters. The van der Waals surface area contributed by atoms with Crippen molar-refractivity contribution in [2.75, 3.05) is 13.2 Å². The fourth-order valence-corrected chi connectivity index (χ4v) is 5.04. The third kappa shape index (κ3) is 5.02. The van der Waals surface area contributed by atoms with Gasteiger partial charge in [-0.3, -0.25) is 9.59 Å². The molecule has 4 rings (SSSR count). The third-order valence-corrected chi connectivity index (χ3v) is 6.83. The van der Waals surface area contributed by atoms with E-state index in [9.17, 15) is 14.4 Å². The van der Waals surface area contributed by atoms with Crippen molar-refractivity contribution in [2.24, 2.45) is 11.8 Å². The van der Waals surface area contributed by atoms with E-state index in [1.54, 1.807) is 0 Å². The molecule has 174 valence electrons. The normalized spacial score (nSPS) is 20.3. The number of benzene rings is 2. The van der Waals surface area contributed by atoms with Gasteiger partial charge in [-0.15, -0.1) is 0 Å². The zero-order valence-corrected chi connectivity index (χ0v) is 18.8.